The van der Waals surface area contributed by atoms with E-state index in [2.05, 4.69) is 9.47 Å². The first-order chi connectivity index (χ1) is 7.15. The van der Waals surface area contributed by atoms with Gasteiger partial charge in [-0.05, 0) is 19.9 Å². The number of hydrogen-bond acceptors (Lipinski definition) is 5. The molecule has 0 bridgehead atoms. The second-order valence-corrected chi connectivity index (χ2v) is 2.81. The van der Waals surface area contributed by atoms with Gasteiger partial charge in [0.15, 0.2) is 6.61 Å². The van der Waals surface area contributed by atoms with Gasteiger partial charge in [-0.1, -0.05) is 0 Å². The number of carbonyl (C=O) groups is 2. The second-order valence-electron chi connectivity index (χ2n) is 2.81. The van der Waals surface area contributed by atoms with Crippen LogP contribution in [0.3, 0.4) is 0 Å². The Morgan fingerprint density at radius 2 is 2.13 bits per heavy atom. The summed E-state index contributed by atoms with van der Waals surface area (Å²) in [6, 6.07) is 1.64. The van der Waals surface area contributed by atoms with Crippen LogP contribution in [0.25, 0.3) is 0 Å². The Morgan fingerprint density at radius 1 is 1.40 bits per heavy atom. The van der Waals surface area contributed by atoms with Gasteiger partial charge >= 0.3 is 11.9 Å². The molecule has 5 nitrogen and oxygen atoms in total. The molecule has 1 aromatic rings. The lowest BCUT2D eigenvalue weighted by molar-refractivity contribution is -0.146. The minimum Gasteiger partial charge on any atom is -0.463 e. The first kappa shape index (κ1) is 11.3. The zero-order valence-corrected chi connectivity index (χ0v) is 8.61. The van der Waals surface area contributed by atoms with Gasteiger partial charge in [0.2, 0.25) is 5.76 Å². The van der Waals surface area contributed by atoms with Crippen LogP contribution in [0.5, 0.6) is 0 Å². The fourth-order valence-electron chi connectivity index (χ4n) is 0.975. The van der Waals surface area contributed by atoms with Gasteiger partial charge in [0.05, 0.1) is 12.9 Å². The molecule has 1 rings (SSSR count). The summed E-state index contributed by atoms with van der Waals surface area (Å²) >= 11 is 0. The van der Waals surface area contributed by atoms with E-state index in [1.165, 1.54) is 6.26 Å². The number of esters is 2. The highest BCUT2D eigenvalue weighted by atomic mass is 16.6. The van der Waals surface area contributed by atoms with E-state index in [-0.39, 0.29) is 12.4 Å². The Morgan fingerprint density at radius 3 is 2.67 bits per heavy atom. The molecule has 1 aromatic heterocycles. The van der Waals surface area contributed by atoms with Crippen LogP contribution in [0.4, 0.5) is 0 Å². The predicted molar refractivity (Wildman–Crippen MR) is 50.4 cm³/mol. The van der Waals surface area contributed by atoms with Gasteiger partial charge in [0, 0.05) is 5.56 Å². The molecule has 0 aliphatic heterocycles. The summed E-state index contributed by atoms with van der Waals surface area (Å²) in [5.41, 5.74) is 0.670. The van der Waals surface area contributed by atoms with Crippen LogP contribution >= 0.6 is 0 Å². The number of ether oxygens (including phenoxy) is 2. The Kier molecular flexibility index (Phi) is 3.91. The molecule has 0 saturated carbocycles. The third kappa shape index (κ3) is 3.12. The molecule has 5 heteroatoms. The van der Waals surface area contributed by atoms with Gasteiger partial charge in [-0.2, -0.15) is 0 Å². The standard InChI is InChI=1S/C10H12O5/c1-3-13-8(11)6-15-10(12)9-7(2)4-5-14-9/h4-5H,3,6H2,1-2H3. The highest BCUT2D eigenvalue weighted by Crippen LogP contribution is 2.09. The number of carbonyl (C=O) groups excluding carboxylic acids is 2. The van der Waals surface area contributed by atoms with E-state index in [1.54, 1.807) is 19.9 Å². The fourth-order valence-corrected chi connectivity index (χ4v) is 0.975. The third-order valence-electron chi connectivity index (χ3n) is 1.67. The molecular weight excluding hydrogens is 200 g/mol. The van der Waals surface area contributed by atoms with Gasteiger partial charge in [-0.15, -0.1) is 0 Å². The lowest BCUT2D eigenvalue weighted by Gasteiger charge is -2.02. The largest absolute Gasteiger partial charge is 0.463 e. The van der Waals surface area contributed by atoms with E-state index in [0.29, 0.717) is 5.56 Å². The van der Waals surface area contributed by atoms with Crippen molar-refractivity contribution in [2.45, 2.75) is 13.8 Å². The molecule has 0 aromatic carbocycles. The number of hydrogen-bond donors (Lipinski definition) is 0. The first-order valence-electron chi connectivity index (χ1n) is 4.52. The number of furan rings is 1. The average Bonchev–Trinajstić information content (AvgIpc) is 2.61. The van der Waals surface area contributed by atoms with Crippen LogP contribution < -0.4 is 0 Å². The van der Waals surface area contributed by atoms with E-state index in [9.17, 15) is 9.59 Å². The molecule has 0 radical (unpaired) electrons. The van der Waals surface area contributed by atoms with Crippen LogP contribution in [0.1, 0.15) is 23.0 Å². The summed E-state index contributed by atoms with van der Waals surface area (Å²) in [5.74, 6) is -1.13. The van der Waals surface area contributed by atoms with Crippen LogP contribution in [0.15, 0.2) is 16.7 Å². The van der Waals surface area contributed by atoms with E-state index >= 15 is 0 Å². The minimum absolute atomic E-state index is 0.110. The van der Waals surface area contributed by atoms with Crippen molar-refractivity contribution in [2.24, 2.45) is 0 Å². The summed E-state index contributed by atoms with van der Waals surface area (Å²) in [7, 11) is 0. The topological polar surface area (TPSA) is 65.7 Å². The predicted octanol–water partition coefficient (Wildman–Crippen LogP) is 1.31. The molecule has 0 aliphatic carbocycles. The van der Waals surface area contributed by atoms with Crippen LogP contribution in [0.2, 0.25) is 0 Å². The van der Waals surface area contributed by atoms with E-state index in [1.807, 2.05) is 0 Å². The molecule has 0 aliphatic rings. The maximum Gasteiger partial charge on any atom is 0.375 e. The monoisotopic (exact) mass is 212 g/mol. The molecule has 1 heterocycles. The molecular formula is C10H12O5. The maximum atomic E-state index is 11.3. The van der Waals surface area contributed by atoms with Crippen molar-refractivity contribution in [3.8, 4) is 0 Å². The van der Waals surface area contributed by atoms with Gasteiger partial charge in [-0.3, -0.25) is 0 Å². The summed E-state index contributed by atoms with van der Waals surface area (Å²) in [6.45, 7) is 3.25. The fraction of sp³-hybridized carbons (Fsp3) is 0.400. The van der Waals surface area contributed by atoms with E-state index in [4.69, 9.17) is 4.42 Å². The van der Waals surface area contributed by atoms with E-state index in [0.717, 1.165) is 0 Å². The Labute approximate surface area is 87.0 Å². The van der Waals surface area contributed by atoms with Gasteiger partial charge in [-0.25, -0.2) is 9.59 Å². The lowest BCUT2D eigenvalue weighted by atomic mass is 10.3. The number of rotatable bonds is 4. The first-order valence-corrected chi connectivity index (χ1v) is 4.52. The highest BCUT2D eigenvalue weighted by Gasteiger charge is 2.15. The van der Waals surface area contributed by atoms with Gasteiger partial charge in [0.25, 0.3) is 0 Å². The van der Waals surface area contributed by atoms with Crippen molar-refractivity contribution < 1.29 is 23.5 Å². The molecule has 0 unspecified atom stereocenters. The summed E-state index contributed by atoms with van der Waals surface area (Å²) < 4.78 is 14.2. The molecule has 0 saturated heterocycles. The Bertz CT molecular complexity index is 352. The van der Waals surface area contributed by atoms with Crippen LogP contribution in [0, 0.1) is 6.92 Å². The molecule has 0 atom stereocenters. The van der Waals surface area contributed by atoms with Gasteiger partial charge in [0.1, 0.15) is 0 Å². The summed E-state index contributed by atoms with van der Waals surface area (Å²) in [6.07, 6.45) is 1.39. The Hall–Kier alpha value is -1.78. The van der Waals surface area contributed by atoms with Crippen molar-refractivity contribution >= 4 is 11.9 Å². The van der Waals surface area contributed by atoms with Crippen LogP contribution in [-0.2, 0) is 14.3 Å². The molecule has 82 valence electrons. The highest BCUT2D eigenvalue weighted by molar-refractivity contribution is 5.89. The lowest BCUT2D eigenvalue weighted by Crippen LogP contribution is -2.16. The van der Waals surface area contributed by atoms with Crippen LogP contribution in [-0.4, -0.2) is 25.2 Å². The zero-order valence-electron chi connectivity index (χ0n) is 8.61. The minimum atomic E-state index is -0.662. The average molecular weight is 212 g/mol. The van der Waals surface area contributed by atoms with Crippen molar-refractivity contribution in [1.29, 1.82) is 0 Å². The normalized spacial score (nSPS) is 9.73. The molecule has 0 N–H and O–H groups in total. The third-order valence-corrected chi connectivity index (χ3v) is 1.67. The molecule has 0 spiro atoms. The molecule has 15 heavy (non-hydrogen) atoms. The van der Waals surface area contributed by atoms with Crippen molar-refractivity contribution in [2.75, 3.05) is 13.2 Å². The van der Waals surface area contributed by atoms with Crippen molar-refractivity contribution in [1.82, 2.24) is 0 Å². The molecule has 0 amide bonds. The second kappa shape index (κ2) is 5.19. The quantitative estimate of drug-likeness (QED) is 0.704. The maximum absolute atomic E-state index is 11.3. The van der Waals surface area contributed by atoms with E-state index < -0.39 is 18.5 Å². The van der Waals surface area contributed by atoms with Gasteiger partial charge < -0.3 is 13.9 Å². The zero-order chi connectivity index (χ0) is 11.3. The van der Waals surface area contributed by atoms with Crippen molar-refractivity contribution in [3.05, 3.63) is 23.7 Å². The summed E-state index contributed by atoms with van der Waals surface area (Å²) in [4.78, 5) is 22.2. The smallest absolute Gasteiger partial charge is 0.375 e. The summed E-state index contributed by atoms with van der Waals surface area (Å²) in [5, 5.41) is 0. The SMILES string of the molecule is CCOC(=O)COC(=O)c1occc1C. The molecule has 0 fully saturated rings. The Balaban J connectivity index is 2.44. The van der Waals surface area contributed by atoms with Crippen molar-refractivity contribution in [3.63, 3.8) is 0 Å². The number of aryl methyl sites for hydroxylation is 1.